The fourth-order valence-electron chi connectivity index (χ4n) is 18.2. The molecule has 16 rings (SSSR count). The summed E-state index contributed by atoms with van der Waals surface area (Å²) in [6, 6.07) is 0. The minimum absolute atomic E-state index is 0.0365. The van der Waals surface area contributed by atoms with Crippen molar-refractivity contribution in [2.24, 2.45) is 74.7 Å². The number of nitrogens with zero attached hydrogens (tertiary/aromatic N) is 1. The highest BCUT2D eigenvalue weighted by Crippen LogP contribution is 2.71. The van der Waals surface area contributed by atoms with Gasteiger partial charge in [0.15, 0.2) is 17.4 Å². The second-order valence-electron chi connectivity index (χ2n) is 28.5. The summed E-state index contributed by atoms with van der Waals surface area (Å²) in [5.41, 5.74) is 5.11. The summed E-state index contributed by atoms with van der Waals surface area (Å²) in [5, 5.41) is 22.1. The van der Waals surface area contributed by atoms with E-state index in [1.807, 2.05) is 41.5 Å². The Bertz CT molecular complexity index is 1960. The van der Waals surface area contributed by atoms with Gasteiger partial charge in [-0.3, -0.25) is 14.4 Å². The topological polar surface area (TPSA) is 176 Å². The number of imide groups is 3. The predicted molar refractivity (Wildman–Crippen MR) is 277 cm³/mol. The van der Waals surface area contributed by atoms with E-state index in [0.717, 1.165) is 61.6 Å². The molecule has 16 atom stereocenters. The number of aliphatic hydroxyl groups is 2. The van der Waals surface area contributed by atoms with Gasteiger partial charge < -0.3 is 44.4 Å². The molecule has 16 fully saturated rings. The van der Waals surface area contributed by atoms with E-state index in [-0.39, 0.29) is 59.6 Å². The average Bonchev–Trinajstić information content (AvgIpc) is 3.94. The molecule has 0 unspecified atom stereocenters. The molecule has 0 radical (unpaired) electrons. The molecule has 0 aromatic heterocycles. The highest BCUT2D eigenvalue weighted by Gasteiger charge is 2.73. The van der Waals surface area contributed by atoms with Crippen LogP contribution < -0.4 is 5.73 Å². The van der Waals surface area contributed by atoms with Gasteiger partial charge in [0, 0.05) is 24.1 Å². The van der Waals surface area contributed by atoms with E-state index in [1.54, 1.807) is 0 Å². The number of ether oxygens (including phenoxy) is 6. The Morgan fingerprint density at radius 1 is 0.583 bits per heavy atom. The fraction of sp³-hybridized carbons (Fsp3) is 0.947. The first-order valence-corrected chi connectivity index (χ1v) is 29.5. The van der Waals surface area contributed by atoms with E-state index in [4.69, 9.17) is 45.8 Å². The number of likely N-dealkylation sites (tertiary alicyclic amines) is 1. The van der Waals surface area contributed by atoms with Crippen LogP contribution >= 0.6 is 27.5 Å². The Hall–Kier alpha value is -0.780. The zero-order valence-electron chi connectivity index (χ0n) is 46.3. The van der Waals surface area contributed by atoms with E-state index in [0.29, 0.717) is 69.8 Å². The first kappa shape index (κ1) is 56.0. The Morgan fingerprint density at radius 2 is 0.931 bits per heavy atom. The summed E-state index contributed by atoms with van der Waals surface area (Å²) in [6.07, 6.45) is 11.1. The van der Waals surface area contributed by atoms with Gasteiger partial charge >= 0.3 is 0 Å². The number of alkyl halides is 2. The molecule has 410 valence electrons. The van der Waals surface area contributed by atoms with Crippen molar-refractivity contribution in [1.29, 1.82) is 0 Å². The molecule has 8 bridgehead atoms. The largest absolute Gasteiger partial charge is 0.390 e. The van der Waals surface area contributed by atoms with Gasteiger partial charge in [-0.1, -0.05) is 71.3 Å². The molecule has 15 heteroatoms. The third kappa shape index (κ3) is 8.54. The lowest BCUT2D eigenvalue weighted by atomic mass is 9.43. The second-order valence-corrected chi connectivity index (χ2v) is 29.6. The molecule has 13 nitrogen and oxygen atoms in total. The number of halogens is 2. The first-order valence-electron chi connectivity index (χ1n) is 27.9. The van der Waals surface area contributed by atoms with Crippen molar-refractivity contribution < 1.29 is 53.0 Å². The van der Waals surface area contributed by atoms with E-state index in [2.05, 4.69) is 71.3 Å². The van der Waals surface area contributed by atoms with Gasteiger partial charge in [-0.2, -0.15) is 0 Å². The number of aliphatic hydroxyl groups excluding tert-OH is 1. The van der Waals surface area contributed by atoms with Crippen LogP contribution in [0.4, 0.5) is 0 Å². The van der Waals surface area contributed by atoms with Crippen LogP contribution in [0, 0.1) is 69.0 Å². The van der Waals surface area contributed by atoms with Crippen molar-refractivity contribution in [2.45, 2.75) is 251 Å². The van der Waals surface area contributed by atoms with Crippen LogP contribution in [0.2, 0.25) is 0 Å². The smallest absolute Gasteiger partial charge is 0.239 e. The number of nitrogens with two attached hydrogens (primary N) is 1. The third-order valence-electron chi connectivity index (χ3n) is 22.3. The molecular formula is C57H92BrClN2O11. The van der Waals surface area contributed by atoms with E-state index in [1.165, 1.54) is 25.7 Å². The summed E-state index contributed by atoms with van der Waals surface area (Å²) in [4.78, 5) is 36.1. The van der Waals surface area contributed by atoms with Gasteiger partial charge in [0.25, 0.3) is 0 Å². The zero-order chi connectivity index (χ0) is 53.0. The molecule has 0 spiro atoms. The van der Waals surface area contributed by atoms with Gasteiger partial charge in [-0.05, 0) is 188 Å². The number of hydrogen-bond donors (Lipinski definition) is 3. The minimum atomic E-state index is -1.54. The molecule has 3 amide bonds. The normalized spacial score (nSPS) is 47.1. The fourth-order valence-corrected chi connectivity index (χ4v) is 19.1. The summed E-state index contributed by atoms with van der Waals surface area (Å²) in [7, 11) is 0. The van der Waals surface area contributed by atoms with Gasteiger partial charge in [-0.25, -0.2) is 4.90 Å². The van der Waals surface area contributed by atoms with Gasteiger partial charge in [0.2, 0.25) is 17.7 Å². The number of carbonyl (C=O) groups is 3. The first-order chi connectivity index (χ1) is 33.1. The molecule has 16 aliphatic rings. The molecule has 12 aliphatic carbocycles. The number of amides is 3. The Labute approximate surface area is 444 Å². The molecule has 72 heavy (non-hydrogen) atoms. The lowest BCUT2D eigenvalue weighted by molar-refractivity contribution is -0.254. The second kappa shape index (κ2) is 18.1. The Balaban J connectivity index is 0.000000119. The lowest BCUT2D eigenvalue weighted by Gasteiger charge is -2.64. The predicted octanol–water partition coefficient (Wildman–Crippen LogP) is 9.80. The maximum atomic E-state index is 12.3. The minimum Gasteiger partial charge on any atom is -0.390 e. The van der Waals surface area contributed by atoms with Crippen LogP contribution in [-0.4, -0.2) is 115 Å². The van der Waals surface area contributed by atoms with E-state index < -0.39 is 46.8 Å². The maximum absolute atomic E-state index is 12.3. The van der Waals surface area contributed by atoms with E-state index in [9.17, 15) is 24.6 Å². The molecule has 0 aromatic carbocycles. The zero-order valence-corrected chi connectivity index (χ0v) is 48.6. The summed E-state index contributed by atoms with van der Waals surface area (Å²) < 4.78 is 37.5. The standard InChI is InChI=1S/C15H21NO5.C14H23BrO2.C14H23ClO2.C14H25NO2/c1-14(2)8-5-9(14)15(21,10(17)6-8)7-13(20)16-11(18)3-4-12(16)19;3*1-12(2)9-7-10(12)14(5-6-15)11(8-9)16-13(3,4)17-14/h8-10,17,21H,3-7H2,1-2H3;2*9-11H,5-8H2,1-4H3;9-11H,5-8,15H2,1-4H3/t8-,9-,10+,15-;3*9-,10-,11+,14-/m1111/s1. The van der Waals surface area contributed by atoms with Crippen LogP contribution in [-0.2, 0) is 42.8 Å². The molecule has 0 aromatic rings. The number of hydrogen-bond acceptors (Lipinski definition) is 12. The monoisotopic (exact) mass is 1090 g/mol. The molecular weight excluding hydrogens is 1000 g/mol. The number of carbonyl (C=O) groups excluding carboxylic acids is 3. The van der Waals surface area contributed by atoms with Crippen molar-refractivity contribution in [3.63, 3.8) is 0 Å². The highest BCUT2D eigenvalue weighted by molar-refractivity contribution is 9.09. The molecule has 4 heterocycles. The highest BCUT2D eigenvalue weighted by atomic mass is 79.9. The average molecular weight is 1100 g/mol. The number of fused-ring (bicyclic) bond motifs is 2. The Kier molecular flexibility index (Phi) is 14.1. The van der Waals surface area contributed by atoms with Crippen LogP contribution in [0.5, 0.6) is 0 Å². The Morgan fingerprint density at radius 3 is 1.28 bits per heavy atom. The molecule has 12 saturated carbocycles. The van der Waals surface area contributed by atoms with Crippen molar-refractivity contribution in [3.8, 4) is 0 Å². The summed E-state index contributed by atoms with van der Waals surface area (Å²) in [5.74, 6) is 2.17. The van der Waals surface area contributed by atoms with E-state index >= 15 is 0 Å². The number of rotatable bonds is 8. The van der Waals surface area contributed by atoms with Crippen molar-refractivity contribution in [2.75, 3.05) is 17.8 Å². The van der Waals surface area contributed by atoms with Crippen LogP contribution in [0.15, 0.2) is 0 Å². The van der Waals surface area contributed by atoms with Crippen LogP contribution in [0.1, 0.15) is 187 Å². The van der Waals surface area contributed by atoms with Gasteiger partial charge in [0.1, 0.15) is 22.4 Å². The lowest BCUT2D eigenvalue weighted by Crippen LogP contribution is -2.68. The van der Waals surface area contributed by atoms with Crippen molar-refractivity contribution in [1.82, 2.24) is 4.90 Å². The molecule has 4 N–H and O–H groups in total. The molecule has 4 aliphatic heterocycles. The molecule has 4 saturated heterocycles. The summed E-state index contributed by atoms with van der Waals surface area (Å²) in [6.45, 7) is 31.4. The van der Waals surface area contributed by atoms with Crippen molar-refractivity contribution in [3.05, 3.63) is 0 Å². The SMILES string of the molecule is CC1(C)O[C@H]2C[C@H]3C[C@H](C3(C)C)[C@@]2(CCBr)O1.CC1(C)O[C@H]2C[C@H]3C[C@H](C3(C)C)[C@@]2(CCCl)O1.CC1(C)O[C@H]2C[C@H]3C[C@H](C3(C)C)[C@@]2(CCN)O1.CC1(C)[C@@H]2C[C@H]1[C@](O)(CC(=O)N1C(=O)CCC1=O)[C@@H](O)C2. The van der Waals surface area contributed by atoms with Crippen molar-refractivity contribution >= 4 is 45.3 Å². The summed E-state index contributed by atoms with van der Waals surface area (Å²) >= 11 is 9.63. The third-order valence-corrected chi connectivity index (χ3v) is 22.9. The maximum Gasteiger partial charge on any atom is 0.239 e. The van der Waals surface area contributed by atoms with Crippen LogP contribution in [0.25, 0.3) is 0 Å². The quantitative estimate of drug-likeness (QED) is 0.155. The van der Waals surface area contributed by atoms with Gasteiger partial charge in [0.05, 0.1) is 30.8 Å². The van der Waals surface area contributed by atoms with Crippen LogP contribution in [0.3, 0.4) is 0 Å². The van der Waals surface area contributed by atoms with Gasteiger partial charge in [-0.15, -0.1) is 11.6 Å².